The molecule has 4 aromatic rings. The molecule has 0 atom stereocenters. The molecule has 140 valence electrons. The molecule has 0 aliphatic heterocycles. The monoisotopic (exact) mass is 374 g/mol. The van der Waals surface area contributed by atoms with Gasteiger partial charge in [-0.1, -0.05) is 18.2 Å². The third kappa shape index (κ3) is 3.39. The first kappa shape index (κ1) is 17.6. The van der Waals surface area contributed by atoms with E-state index in [1.807, 2.05) is 48.0 Å². The van der Waals surface area contributed by atoms with Gasteiger partial charge in [-0.25, -0.2) is 14.5 Å². The summed E-state index contributed by atoms with van der Waals surface area (Å²) in [4.78, 5) is 16.2. The summed E-state index contributed by atoms with van der Waals surface area (Å²) in [6.45, 7) is 3.98. The summed E-state index contributed by atoms with van der Waals surface area (Å²) >= 11 is 0. The molecule has 8 heteroatoms. The predicted octanol–water partition coefficient (Wildman–Crippen LogP) is 3.44. The van der Waals surface area contributed by atoms with Gasteiger partial charge >= 0.3 is 5.97 Å². The van der Waals surface area contributed by atoms with Crippen LogP contribution < -0.4 is 5.32 Å². The van der Waals surface area contributed by atoms with Crippen LogP contribution in [0.2, 0.25) is 0 Å². The number of carbonyl (C=O) groups excluding carboxylic acids is 1. The summed E-state index contributed by atoms with van der Waals surface area (Å²) < 4.78 is 6.73. The molecule has 4 rings (SSSR count). The van der Waals surface area contributed by atoms with Crippen molar-refractivity contribution < 1.29 is 9.53 Å². The normalized spacial score (nSPS) is 10.8. The molecule has 0 aliphatic carbocycles. The van der Waals surface area contributed by atoms with Crippen molar-refractivity contribution in [2.75, 3.05) is 11.9 Å². The van der Waals surface area contributed by atoms with Crippen molar-refractivity contribution in [3.8, 4) is 5.69 Å². The number of ether oxygens (including phenoxy) is 1. The fourth-order valence-corrected chi connectivity index (χ4v) is 2.82. The number of nitrogens with zero attached hydrogens (tertiary/aromatic N) is 5. The Bertz CT molecular complexity index is 1120. The highest BCUT2D eigenvalue weighted by molar-refractivity contribution is 5.87. The van der Waals surface area contributed by atoms with Gasteiger partial charge in [0.2, 0.25) is 0 Å². The second-order valence-electron chi connectivity index (χ2n) is 6.08. The van der Waals surface area contributed by atoms with E-state index in [1.54, 1.807) is 25.3 Å². The summed E-state index contributed by atoms with van der Waals surface area (Å²) in [7, 11) is 0. The third-order valence-electron chi connectivity index (χ3n) is 4.13. The van der Waals surface area contributed by atoms with E-state index in [2.05, 4.69) is 25.6 Å². The summed E-state index contributed by atoms with van der Waals surface area (Å²) in [5.74, 6) is 0.0101. The number of hydrogen-bond acceptors (Lipinski definition) is 7. The largest absolute Gasteiger partial charge is 0.461 e. The standard InChI is InChI=1S/C20H18N6O2/c1-3-28-20(27)17-9-10-18(24-23-17)22-14-11-16-13(2)25-26(19(16)21-12-14)15-7-5-4-6-8-15/h4-12H,3H2,1-2H3,(H,22,24). The van der Waals surface area contributed by atoms with E-state index in [4.69, 9.17) is 4.74 Å². The van der Waals surface area contributed by atoms with E-state index in [0.717, 1.165) is 28.1 Å². The highest BCUT2D eigenvalue weighted by atomic mass is 16.5. The van der Waals surface area contributed by atoms with Gasteiger partial charge in [-0.3, -0.25) is 0 Å². The summed E-state index contributed by atoms with van der Waals surface area (Å²) in [6.07, 6.45) is 1.71. The maximum atomic E-state index is 11.7. The van der Waals surface area contributed by atoms with Gasteiger partial charge in [-0.05, 0) is 44.2 Å². The van der Waals surface area contributed by atoms with Gasteiger partial charge in [-0.15, -0.1) is 10.2 Å². The number of esters is 1. The minimum Gasteiger partial charge on any atom is -0.461 e. The van der Waals surface area contributed by atoms with E-state index in [0.29, 0.717) is 12.4 Å². The first-order valence-corrected chi connectivity index (χ1v) is 8.84. The van der Waals surface area contributed by atoms with Gasteiger partial charge < -0.3 is 10.1 Å². The van der Waals surface area contributed by atoms with Crippen molar-refractivity contribution in [1.29, 1.82) is 0 Å². The number of aromatic nitrogens is 5. The minimum absolute atomic E-state index is 0.168. The van der Waals surface area contributed by atoms with E-state index in [9.17, 15) is 4.79 Å². The number of benzene rings is 1. The molecule has 0 saturated carbocycles. The van der Waals surface area contributed by atoms with E-state index in [1.165, 1.54) is 0 Å². The molecule has 0 fully saturated rings. The predicted molar refractivity (Wildman–Crippen MR) is 105 cm³/mol. The Balaban J connectivity index is 1.60. The molecule has 1 N–H and O–H groups in total. The van der Waals surface area contributed by atoms with Gasteiger partial charge in [0.15, 0.2) is 17.2 Å². The molecule has 3 aromatic heterocycles. The van der Waals surface area contributed by atoms with E-state index < -0.39 is 5.97 Å². The molecule has 0 saturated heterocycles. The van der Waals surface area contributed by atoms with Gasteiger partial charge in [0.05, 0.1) is 29.9 Å². The van der Waals surface area contributed by atoms with Crippen molar-refractivity contribution in [1.82, 2.24) is 25.0 Å². The fraction of sp³-hybridized carbons (Fsp3) is 0.150. The number of fused-ring (bicyclic) bond motifs is 1. The Morgan fingerprint density at radius 1 is 1.14 bits per heavy atom. The average Bonchev–Trinajstić information content (AvgIpc) is 3.05. The SMILES string of the molecule is CCOC(=O)c1ccc(Nc2cnc3c(c2)c(C)nn3-c2ccccc2)nn1. The van der Waals surface area contributed by atoms with Gasteiger partial charge in [0.25, 0.3) is 0 Å². The lowest BCUT2D eigenvalue weighted by Gasteiger charge is -2.06. The second kappa shape index (κ2) is 7.43. The van der Waals surface area contributed by atoms with Crippen LogP contribution in [0.1, 0.15) is 23.1 Å². The van der Waals surface area contributed by atoms with Crippen LogP contribution in [0, 0.1) is 6.92 Å². The Labute approximate surface area is 161 Å². The Kier molecular flexibility index (Phi) is 4.67. The van der Waals surface area contributed by atoms with Crippen molar-refractivity contribution >= 4 is 28.5 Å². The van der Waals surface area contributed by atoms with Crippen molar-refractivity contribution in [2.45, 2.75) is 13.8 Å². The maximum Gasteiger partial charge on any atom is 0.358 e. The average molecular weight is 374 g/mol. The Morgan fingerprint density at radius 3 is 2.68 bits per heavy atom. The molecule has 0 unspecified atom stereocenters. The van der Waals surface area contributed by atoms with Crippen LogP contribution in [0.5, 0.6) is 0 Å². The smallest absolute Gasteiger partial charge is 0.358 e. The molecule has 0 aliphatic rings. The molecule has 0 amide bonds. The highest BCUT2D eigenvalue weighted by Crippen LogP contribution is 2.24. The highest BCUT2D eigenvalue weighted by Gasteiger charge is 2.12. The summed E-state index contributed by atoms with van der Waals surface area (Å²) in [5, 5.41) is 16.6. The number of nitrogens with one attached hydrogen (secondary N) is 1. The van der Waals surface area contributed by atoms with Crippen molar-refractivity contribution in [2.24, 2.45) is 0 Å². The molecule has 0 spiro atoms. The zero-order chi connectivity index (χ0) is 19.5. The summed E-state index contributed by atoms with van der Waals surface area (Å²) in [6, 6.07) is 15.1. The summed E-state index contributed by atoms with van der Waals surface area (Å²) in [5.41, 5.74) is 3.52. The van der Waals surface area contributed by atoms with Gasteiger partial charge in [0.1, 0.15) is 0 Å². The van der Waals surface area contributed by atoms with Crippen molar-refractivity contribution in [3.05, 3.63) is 66.1 Å². The van der Waals surface area contributed by atoms with Crippen LogP contribution in [0.3, 0.4) is 0 Å². The Hall–Kier alpha value is -3.81. The third-order valence-corrected chi connectivity index (χ3v) is 4.13. The van der Waals surface area contributed by atoms with Crippen LogP contribution in [-0.2, 0) is 4.74 Å². The second-order valence-corrected chi connectivity index (χ2v) is 6.08. The lowest BCUT2D eigenvalue weighted by Crippen LogP contribution is -2.08. The molecule has 3 heterocycles. The number of rotatable bonds is 5. The minimum atomic E-state index is -0.492. The number of pyridine rings is 1. The van der Waals surface area contributed by atoms with E-state index >= 15 is 0 Å². The van der Waals surface area contributed by atoms with E-state index in [-0.39, 0.29) is 5.69 Å². The number of para-hydroxylation sites is 1. The quantitative estimate of drug-likeness (QED) is 0.535. The molecule has 28 heavy (non-hydrogen) atoms. The topological polar surface area (TPSA) is 94.8 Å². The number of aryl methyl sites for hydroxylation is 1. The first-order chi connectivity index (χ1) is 13.7. The first-order valence-electron chi connectivity index (χ1n) is 8.84. The number of hydrogen-bond donors (Lipinski definition) is 1. The fourth-order valence-electron chi connectivity index (χ4n) is 2.82. The van der Waals surface area contributed by atoms with Crippen LogP contribution in [0.25, 0.3) is 16.7 Å². The van der Waals surface area contributed by atoms with Crippen LogP contribution in [-0.4, -0.2) is 37.5 Å². The number of anilines is 2. The van der Waals surface area contributed by atoms with Gasteiger partial charge in [0, 0.05) is 5.39 Å². The van der Waals surface area contributed by atoms with Crippen LogP contribution >= 0.6 is 0 Å². The number of carbonyl (C=O) groups is 1. The molecule has 8 nitrogen and oxygen atoms in total. The van der Waals surface area contributed by atoms with Gasteiger partial charge in [-0.2, -0.15) is 5.10 Å². The maximum absolute atomic E-state index is 11.7. The molecule has 0 bridgehead atoms. The van der Waals surface area contributed by atoms with Crippen LogP contribution in [0.15, 0.2) is 54.7 Å². The lowest BCUT2D eigenvalue weighted by atomic mass is 10.2. The molecular weight excluding hydrogens is 356 g/mol. The zero-order valence-corrected chi connectivity index (χ0v) is 15.5. The molecule has 1 aromatic carbocycles. The zero-order valence-electron chi connectivity index (χ0n) is 15.5. The molecular formula is C20H18N6O2. The Morgan fingerprint density at radius 2 is 1.96 bits per heavy atom. The van der Waals surface area contributed by atoms with Crippen LogP contribution in [0.4, 0.5) is 11.5 Å². The molecule has 0 radical (unpaired) electrons. The van der Waals surface area contributed by atoms with Crippen molar-refractivity contribution in [3.63, 3.8) is 0 Å². The lowest BCUT2D eigenvalue weighted by molar-refractivity contribution is 0.0518.